The highest BCUT2D eigenvalue weighted by Gasteiger charge is 2.05. The summed E-state index contributed by atoms with van der Waals surface area (Å²) in [6.45, 7) is 0.0400. The van der Waals surface area contributed by atoms with Crippen LogP contribution in [0.3, 0.4) is 0 Å². The van der Waals surface area contributed by atoms with Gasteiger partial charge in [-0.25, -0.2) is 0 Å². The first-order valence-electron chi connectivity index (χ1n) is 3.55. The topological polar surface area (TPSA) is 48.9 Å². The Bertz CT molecular complexity index is 410. The van der Waals surface area contributed by atoms with Crippen molar-refractivity contribution in [3.8, 4) is 0 Å². The van der Waals surface area contributed by atoms with Crippen molar-refractivity contribution < 1.29 is 5.11 Å². The van der Waals surface area contributed by atoms with Gasteiger partial charge in [-0.1, -0.05) is 18.2 Å². The fraction of sp³-hybridized carbons (Fsp3) is 0.125. The van der Waals surface area contributed by atoms with Crippen molar-refractivity contribution >= 4 is 33.5 Å². The largest absolute Gasteiger partial charge is 0.392 e. The molecule has 1 heterocycles. The van der Waals surface area contributed by atoms with Gasteiger partial charge in [0.05, 0.1) is 12.1 Å². The summed E-state index contributed by atoms with van der Waals surface area (Å²) in [5, 5.41) is 17.0. The number of hydrogen-bond acceptors (Lipinski definition) is 2. The summed E-state index contributed by atoms with van der Waals surface area (Å²) in [4.78, 5) is 0. The molecule has 0 saturated carbocycles. The van der Waals surface area contributed by atoms with Gasteiger partial charge in [0.25, 0.3) is 0 Å². The molecule has 0 aliphatic heterocycles. The van der Waals surface area contributed by atoms with E-state index in [2.05, 4.69) is 32.8 Å². The molecule has 0 unspecified atom stereocenters. The van der Waals surface area contributed by atoms with Gasteiger partial charge in [-0.3, -0.25) is 5.10 Å². The van der Waals surface area contributed by atoms with Crippen LogP contribution >= 0.6 is 22.6 Å². The van der Waals surface area contributed by atoms with E-state index < -0.39 is 0 Å². The monoisotopic (exact) mass is 274 g/mol. The Balaban J connectivity index is 2.81. The number of aromatic amines is 1. The van der Waals surface area contributed by atoms with Crippen molar-refractivity contribution in [3.05, 3.63) is 27.5 Å². The number of nitrogens with zero attached hydrogens (tertiary/aromatic N) is 1. The van der Waals surface area contributed by atoms with Gasteiger partial charge in [0, 0.05) is 10.9 Å². The zero-order valence-corrected chi connectivity index (χ0v) is 8.37. The van der Waals surface area contributed by atoms with Gasteiger partial charge in [0.1, 0.15) is 3.70 Å². The first-order valence-corrected chi connectivity index (χ1v) is 4.63. The van der Waals surface area contributed by atoms with Crippen LogP contribution in [0, 0.1) is 3.70 Å². The molecule has 1 aromatic heterocycles. The number of aliphatic hydroxyl groups is 1. The van der Waals surface area contributed by atoms with Crippen LogP contribution in [-0.4, -0.2) is 15.3 Å². The van der Waals surface area contributed by atoms with Crippen molar-refractivity contribution in [1.29, 1.82) is 0 Å². The van der Waals surface area contributed by atoms with E-state index in [1.54, 1.807) is 0 Å². The summed E-state index contributed by atoms with van der Waals surface area (Å²) in [5.74, 6) is 0. The summed E-state index contributed by atoms with van der Waals surface area (Å²) in [6.07, 6.45) is 0. The smallest absolute Gasteiger partial charge is 0.104 e. The highest BCUT2D eigenvalue weighted by Crippen LogP contribution is 2.20. The summed E-state index contributed by atoms with van der Waals surface area (Å²) in [6, 6.07) is 5.78. The molecule has 0 bridgehead atoms. The van der Waals surface area contributed by atoms with Crippen LogP contribution in [0.2, 0.25) is 0 Å². The van der Waals surface area contributed by atoms with E-state index in [0.717, 1.165) is 20.2 Å². The van der Waals surface area contributed by atoms with E-state index in [9.17, 15) is 0 Å². The summed E-state index contributed by atoms with van der Waals surface area (Å²) in [7, 11) is 0. The minimum absolute atomic E-state index is 0.0400. The van der Waals surface area contributed by atoms with Gasteiger partial charge >= 0.3 is 0 Å². The Morgan fingerprint density at radius 1 is 1.50 bits per heavy atom. The lowest BCUT2D eigenvalue weighted by atomic mass is 10.1. The van der Waals surface area contributed by atoms with E-state index in [-0.39, 0.29) is 6.61 Å². The molecule has 1 aromatic carbocycles. The number of nitrogens with one attached hydrogen (secondary N) is 1. The number of H-pyrrole nitrogens is 1. The van der Waals surface area contributed by atoms with Gasteiger partial charge in [0.2, 0.25) is 0 Å². The lowest BCUT2D eigenvalue weighted by Gasteiger charge is -1.95. The first-order chi connectivity index (χ1) is 5.83. The van der Waals surface area contributed by atoms with Gasteiger partial charge < -0.3 is 5.11 Å². The third-order valence-electron chi connectivity index (χ3n) is 1.79. The molecule has 2 rings (SSSR count). The van der Waals surface area contributed by atoms with Crippen LogP contribution in [0.5, 0.6) is 0 Å². The number of para-hydroxylation sites is 1. The number of fused-ring (bicyclic) bond motifs is 1. The zero-order valence-electron chi connectivity index (χ0n) is 6.21. The average Bonchev–Trinajstić information content (AvgIpc) is 2.48. The first kappa shape index (κ1) is 8.00. The van der Waals surface area contributed by atoms with E-state index in [1.165, 1.54) is 0 Å². The van der Waals surface area contributed by atoms with Gasteiger partial charge in [-0.05, 0) is 22.6 Å². The summed E-state index contributed by atoms with van der Waals surface area (Å²) in [5.41, 5.74) is 1.73. The SMILES string of the molecule is OCc1cccc2c(I)[nH]nc12. The summed E-state index contributed by atoms with van der Waals surface area (Å²) < 4.78 is 1.01. The maximum absolute atomic E-state index is 8.99. The molecule has 12 heavy (non-hydrogen) atoms. The molecule has 62 valence electrons. The molecule has 2 N–H and O–H groups in total. The number of halogens is 1. The third kappa shape index (κ3) is 1.11. The molecule has 0 radical (unpaired) electrons. The normalized spacial score (nSPS) is 10.8. The number of benzene rings is 1. The molecule has 2 aromatic rings. The molecular formula is C8H7IN2O. The van der Waals surface area contributed by atoms with Crippen LogP contribution < -0.4 is 0 Å². The third-order valence-corrected chi connectivity index (χ3v) is 2.61. The predicted molar refractivity (Wildman–Crippen MR) is 54.7 cm³/mol. The van der Waals surface area contributed by atoms with E-state index in [0.29, 0.717) is 0 Å². The lowest BCUT2D eigenvalue weighted by Crippen LogP contribution is -1.83. The maximum atomic E-state index is 8.99. The molecular weight excluding hydrogens is 267 g/mol. The molecule has 0 fully saturated rings. The van der Waals surface area contributed by atoms with E-state index >= 15 is 0 Å². The van der Waals surface area contributed by atoms with Crippen LogP contribution in [0.1, 0.15) is 5.56 Å². The second-order valence-corrected chi connectivity index (χ2v) is 3.59. The van der Waals surface area contributed by atoms with Gasteiger partial charge in [-0.2, -0.15) is 5.10 Å². The molecule has 0 aliphatic rings. The lowest BCUT2D eigenvalue weighted by molar-refractivity contribution is 0.283. The number of rotatable bonds is 1. The van der Waals surface area contributed by atoms with Gasteiger partial charge in [0.15, 0.2) is 0 Å². The minimum atomic E-state index is 0.0400. The van der Waals surface area contributed by atoms with Crippen molar-refractivity contribution in [1.82, 2.24) is 10.2 Å². The fourth-order valence-corrected chi connectivity index (χ4v) is 1.75. The minimum Gasteiger partial charge on any atom is -0.392 e. The Kier molecular flexibility index (Phi) is 2.02. The van der Waals surface area contributed by atoms with Crippen molar-refractivity contribution in [2.45, 2.75) is 6.61 Å². The highest BCUT2D eigenvalue weighted by molar-refractivity contribution is 14.1. The standard InChI is InChI=1S/C8H7IN2O/c9-8-6-3-1-2-5(4-12)7(6)10-11-8/h1-3,12H,4H2,(H,10,11). The van der Waals surface area contributed by atoms with Crippen molar-refractivity contribution in [3.63, 3.8) is 0 Å². The predicted octanol–water partition coefficient (Wildman–Crippen LogP) is 1.66. The van der Waals surface area contributed by atoms with Crippen molar-refractivity contribution in [2.24, 2.45) is 0 Å². The molecule has 3 nitrogen and oxygen atoms in total. The summed E-state index contributed by atoms with van der Waals surface area (Å²) >= 11 is 2.19. The van der Waals surface area contributed by atoms with Gasteiger partial charge in [-0.15, -0.1) is 0 Å². The molecule has 0 aliphatic carbocycles. The average molecular weight is 274 g/mol. The fourth-order valence-electron chi connectivity index (χ4n) is 1.19. The van der Waals surface area contributed by atoms with Crippen LogP contribution in [-0.2, 0) is 6.61 Å². The maximum Gasteiger partial charge on any atom is 0.104 e. The quantitative estimate of drug-likeness (QED) is 0.777. The molecule has 0 saturated heterocycles. The Morgan fingerprint density at radius 3 is 3.08 bits per heavy atom. The second kappa shape index (κ2) is 3.02. The Morgan fingerprint density at radius 2 is 2.33 bits per heavy atom. The molecule has 4 heteroatoms. The Hall–Kier alpha value is -0.620. The Labute approximate surface area is 82.9 Å². The zero-order chi connectivity index (χ0) is 8.55. The molecule has 0 amide bonds. The number of aromatic nitrogens is 2. The van der Waals surface area contributed by atoms with Crippen LogP contribution in [0.4, 0.5) is 0 Å². The molecule has 0 atom stereocenters. The number of aliphatic hydroxyl groups excluding tert-OH is 1. The van der Waals surface area contributed by atoms with Crippen molar-refractivity contribution in [2.75, 3.05) is 0 Å². The van der Waals surface area contributed by atoms with E-state index in [4.69, 9.17) is 5.11 Å². The van der Waals surface area contributed by atoms with Crippen LogP contribution in [0.15, 0.2) is 18.2 Å². The van der Waals surface area contributed by atoms with Crippen LogP contribution in [0.25, 0.3) is 10.9 Å². The second-order valence-electron chi connectivity index (χ2n) is 2.51. The van der Waals surface area contributed by atoms with E-state index in [1.807, 2.05) is 18.2 Å². The molecule has 0 spiro atoms. The number of hydrogen-bond donors (Lipinski definition) is 2. The highest BCUT2D eigenvalue weighted by atomic mass is 127.